The number of para-hydroxylation sites is 2. The normalized spacial score (nSPS) is 20.1. The third kappa shape index (κ3) is 2.74. The van der Waals surface area contributed by atoms with Gasteiger partial charge in [0, 0.05) is 38.5 Å². The third-order valence-electron chi connectivity index (χ3n) is 10.5. The van der Waals surface area contributed by atoms with Gasteiger partial charge in [-0.1, -0.05) is 107 Å². The van der Waals surface area contributed by atoms with Crippen molar-refractivity contribution in [3.63, 3.8) is 0 Å². The number of anilines is 2. The van der Waals surface area contributed by atoms with E-state index < -0.39 is 0 Å². The second-order valence-electron chi connectivity index (χ2n) is 12.8. The fraction of sp³-hybridized carbons (Fsp3) is 0.211. The Balaban J connectivity index is 1.32. The van der Waals surface area contributed by atoms with Gasteiger partial charge >= 0.3 is 0 Å². The average molecular weight is 520 g/mol. The van der Waals surface area contributed by atoms with Crippen molar-refractivity contribution in [1.29, 1.82) is 0 Å². The molecule has 6 aromatic rings. The number of furan rings is 1. The minimum Gasteiger partial charge on any atom is -0.455 e. The molecule has 5 aromatic carbocycles. The Labute approximate surface area is 235 Å². The molecule has 196 valence electrons. The predicted molar refractivity (Wildman–Crippen MR) is 168 cm³/mol. The number of rotatable bonds is 2. The van der Waals surface area contributed by atoms with Crippen molar-refractivity contribution in [3.8, 4) is 22.3 Å². The first-order valence-electron chi connectivity index (χ1n) is 14.3. The summed E-state index contributed by atoms with van der Waals surface area (Å²) in [6.07, 6.45) is 0. The van der Waals surface area contributed by atoms with E-state index in [1.165, 1.54) is 50.0 Å². The van der Waals surface area contributed by atoms with Gasteiger partial charge in [-0.2, -0.15) is 0 Å². The molecule has 40 heavy (non-hydrogen) atoms. The fourth-order valence-corrected chi connectivity index (χ4v) is 7.89. The van der Waals surface area contributed by atoms with Crippen molar-refractivity contribution >= 4 is 33.3 Å². The lowest BCUT2D eigenvalue weighted by Gasteiger charge is -2.49. The maximum atomic E-state index is 6.42. The summed E-state index contributed by atoms with van der Waals surface area (Å²) < 4.78 is 6.42. The smallest absolute Gasteiger partial charge is 0.143 e. The molecule has 3 heterocycles. The summed E-state index contributed by atoms with van der Waals surface area (Å²) in [5, 5.41) is 2.34. The Morgan fingerprint density at radius 1 is 0.525 bits per heavy atom. The van der Waals surface area contributed by atoms with E-state index in [1.54, 1.807) is 0 Å². The SMILES string of the molecule is CC1(C)c2cc(-c3ccccc3)ccc2N2c3ccc(-c4cccc5c4oc4ccccc45)cc3C(C)(C)C21C. The van der Waals surface area contributed by atoms with E-state index >= 15 is 0 Å². The molecular formula is C38H33NO. The zero-order valence-corrected chi connectivity index (χ0v) is 23.7. The third-order valence-corrected chi connectivity index (χ3v) is 10.5. The van der Waals surface area contributed by atoms with Crippen LogP contribution in [0.25, 0.3) is 44.2 Å². The van der Waals surface area contributed by atoms with Crippen LogP contribution in [0.1, 0.15) is 45.7 Å². The minimum atomic E-state index is -0.135. The lowest BCUT2D eigenvalue weighted by molar-refractivity contribution is 0.203. The van der Waals surface area contributed by atoms with Crippen molar-refractivity contribution in [2.45, 2.75) is 51.0 Å². The van der Waals surface area contributed by atoms with Crippen LogP contribution in [0.15, 0.2) is 114 Å². The van der Waals surface area contributed by atoms with Crippen LogP contribution in [-0.4, -0.2) is 5.54 Å². The Morgan fingerprint density at radius 2 is 1.12 bits per heavy atom. The molecule has 1 unspecified atom stereocenters. The van der Waals surface area contributed by atoms with Crippen LogP contribution < -0.4 is 4.90 Å². The van der Waals surface area contributed by atoms with E-state index in [2.05, 4.69) is 143 Å². The first kappa shape index (κ1) is 23.6. The Morgan fingerprint density at radius 3 is 1.85 bits per heavy atom. The van der Waals surface area contributed by atoms with Crippen LogP contribution in [-0.2, 0) is 10.8 Å². The number of fused-ring (bicyclic) bond motifs is 8. The van der Waals surface area contributed by atoms with Crippen LogP contribution in [0.5, 0.6) is 0 Å². The van der Waals surface area contributed by atoms with E-state index in [0.717, 1.165) is 16.7 Å². The number of nitrogens with zero attached hydrogens (tertiary/aromatic N) is 1. The van der Waals surface area contributed by atoms with Gasteiger partial charge in [0.25, 0.3) is 0 Å². The molecule has 0 spiro atoms. The molecule has 0 N–H and O–H groups in total. The van der Waals surface area contributed by atoms with E-state index in [4.69, 9.17) is 4.42 Å². The van der Waals surface area contributed by atoms with Gasteiger partial charge in [0.2, 0.25) is 0 Å². The highest BCUT2D eigenvalue weighted by molar-refractivity contribution is 6.09. The molecule has 0 amide bonds. The van der Waals surface area contributed by atoms with Gasteiger partial charge in [-0.05, 0) is 65.1 Å². The molecule has 8 rings (SSSR count). The monoisotopic (exact) mass is 519 g/mol. The van der Waals surface area contributed by atoms with Crippen LogP contribution in [0, 0.1) is 0 Å². The first-order chi connectivity index (χ1) is 19.2. The van der Waals surface area contributed by atoms with Crippen molar-refractivity contribution < 1.29 is 4.42 Å². The second-order valence-corrected chi connectivity index (χ2v) is 12.8. The summed E-state index contributed by atoms with van der Waals surface area (Å²) in [7, 11) is 0. The molecule has 2 nitrogen and oxygen atoms in total. The zero-order chi connectivity index (χ0) is 27.4. The molecule has 0 bridgehead atoms. The van der Waals surface area contributed by atoms with Gasteiger partial charge in [-0.25, -0.2) is 0 Å². The van der Waals surface area contributed by atoms with Crippen LogP contribution in [0.3, 0.4) is 0 Å². The van der Waals surface area contributed by atoms with Crippen molar-refractivity contribution in [2.24, 2.45) is 0 Å². The van der Waals surface area contributed by atoms with E-state index in [0.29, 0.717) is 0 Å². The summed E-state index contributed by atoms with van der Waals surface area (Å²) in [5.74, 6) is 0. The van der Waals surface area contributed by atoms with Crippen molar-refractivity contribution in [1.82, 2.24) is 0 Å². The van der Waals surface area contributed by atoms with E-state index in [-0.39, 0.29) is 16.4 Å². The molecule has 0 aliphatic carbocycles. The molecule has 0 radical (unpaired) electrons. The fourth-order valence-electron chi connectivity index (χ4n) is 7.89. The van der Waals surface area contributed by atoms with Gasteiger partial charge in [0.15, 0.2) is 0 Å². The molecular weight excluding hydrogens is 486 g/mol. The van der Waals surface area contributed by atoms with Crippen molar-refractivity contribution in [3.05, 3.63) is 120 Å². The summed E-state index contributed by atoms with van der Waals surface area (Å²) >= 11 is 0. The largest absolute Gasteiger partial charge is 0.455 e. The topological polar surface area (TPSA) is 16.4 Å². The summed E-state index contributed by atoms with van der Waals surface area (Å²) in [6, 6.07) is 39.7. The molecule has 1 aromatic heterocycles. The van der Waals surface area contributed by atoms with Gasteiger partial charge in [-0.15, -0.1) is 0 Å². The van der Waals surface area contributed by atoms with Gasteiger partial charge in [0.05, 0.1) is 5.54 Å². The number of benzene rings is 5. The average Bonchev–Trinajstić information content (AvgIpc) is 3.50. The highest BCUT2D eigenvalue weighted by Crippen LogP contribution is 2.67. The first-order valence-corrected chi connectivity index (χ1v) is 14.3. The van der Waals surface area contributed by atoms with Crippen LogP contribution in [0.2, 0.25) is 0 Å². The molecule has 2 heteroatoms. The van der Waals surface area contributed by atoms with Crippen LogP contribution in [0.4, 0.5) is 11.4 Å². The lowest BCUT2D eigenvalue weighted by atomic mass is 9.58. The van der Waals surface area contributed by atoms with Crippen LogP contribution >= 0.6 is 0 Å². The highest BCUT2D eigenvalue weighted by atomic mass is 16.3. The maximum Gasteiger partial charge on any atom is 0.143 e. The van der Waals surface area contributed by atoms with Gasteiger partial charge in [0.1, 0.15) is 11.2 Å². The number of hydrogen-bond acceptors (Lipinski definition) is 2. The number of hydrogen-bond donors (Lipinski definition) is 0. The molecule has 0 saturated carbocycles. The standard InChI is InChI=1S/C38H33NO/c1-36(2)30-22-25(24-12-7-6-8-13-24)18-20-32(30)39-33-21-19-26(23-31(33)37(3,4)38(36,39)5)27-15-11-16-29-28-14-9-10-17-34(28)40-35(27)29/h6-23H,1-5H3. The van der Waals surface area contributed by atoms with E-state index in [1.807, 2.05) is 6.07 Å². The molecule has 0 fully saturated rings. The summed E-state index contributed by atoms with van der Waals surface area (Å²) in [4.78, 5) is 2.64. The van der Waals surface area contributed by atoms with Gasteiger partial charge in [-0.3, -0.25) is 0 Å². The molecule has 0 saturated heterocycles. The highest BCUT2D eigenvalue weighted by Gasteiger charge is 2.66. The lowest BCUT2D eigenvalue weighted by Crippen LogP contribution is -2.58. The second kappa shape index (κ2) is 7.67. The zero-order valence-electron chi connectivity index (χ0n) is 23.7. The van der Waals surface area contributed by atoms with E-state index in [9.17, 15) is 0 Å². The Bertz CT molecular complexity index is 1980. The maximum absolute atomic E-state index is 6.42. The predicted octanol–water partition coefficient (Wildman–Crippen LogP) is 10.4. The summed E-state index contributed by atoms with van der Waals surface area (Å²) in [5.41, 5.74) is 11.9. The Hall–Kier alpha value is -4.30. The quantitative estimate of drug-likeness (QED) is 0.226. The summed E-state index contributed by atoms with van der Waals surface area (Å²) in [6.45, 7) is 12.2. The Kier molecular flexibility index (Phi) is 4.52. The minimum absolute atomic E-state index is 0.0748. The van der Waals surface area contributed by atoms with Gasteiger partial charge < -0.3 is 9.32 Å². The molecule has 2 aliphatic rings. The van der Waals surface area contributed by atoms with Crippen molar-refractivity contribution in [2.75, 3.05) is 4.90 Å². The molecule has 1 atom stereocenters. The molecule has 2 aliphatic heterocycles.